The molecule has 2 unspecified atom stereocenters. The van der Waals surface area contributed by atoms with Gasteiger partial charge in [0.25, 0.3) is 0 Å². The molecule has 2 atom stereocenters. The van der Waals surface area contributed by atoms with Crippen molar-refractivity contribution < 1.29 is 58.6 Å². The summed E-state index contributed by atoms with van der Waals surface area (Å²) in [6.07, 6.45) is 4.75. The third-order valence-corrected chi connectivity index (χ3v) is 2.36. The Bertz CT molecular complexity index is 354. The predicted molar refractivity (Wildman–Crippen MR) is 61.6 cm³/mol. The molecule has 0 aliphatic rings. The normalized spacial score (nSPS) is 15.2. The molecule has 0 aliphatic carbocycles. The van der Waals surface area contributed by atoms with E-state index in [1.54, 1.807) is 6.92 Å². The molecule has 0 spiro atoms. The summed E-state index contributed by atoms with van der Waals surface area (Å²) in [6, 6.07) is 9.46. The van der Waals surface area contributed by atoms with E-state index in [4.69, 9.17) is 0 Å². The van der Waals surface area contributed by atoms with Crippen LogP contribution in [0.3, 0.4) is 0 Å². The summed E-state index contributed by atoms with van der Waals surface area (Å²) >= 11 is 0. The molecule has 0 aliphatic heterocycles. The molecule has 4 heteroatoms. The Labute approximate surface area is 143 Å². The van der Waals surface area contributed by atoms with Crippen molar-refractivity contribution >= 4 is 12.5 Å². The molecule has 0 saturated carbocycles. The summed E-state index contributed by atoms with van der Waals surface area (Å²) in [5.74, 6) is -0.133. The van der Waals surface area contributed by atoms with Crippen molar-refractivity contribution in [3.63, 3.8) is 0 Å². The van der Waals surface area contributed by atoms with Gasteiger partial charge in [0.2, 0.25) is 0 Å². The monoisotopic (exact) mass is 473 g/mol. The fourth-order valence-electron chi connectivity index (χ4n) is 0.927. The molecule has 1 radical (unpaired) electrons. The van der Waals surface area contributed by atoms with Gasteiger partial charge in [-0.15, -0.1) is 12.1 Å². The average molecular weight is 473 g/mol. The minimum atomic E-state index is -0.907. The maximum absolute atomic E-state index is 10.8. The van der Waals surface area contributed by atoms with Crippen molar-refractivity contribution in [3.05, 3.63) is 42.8 Å². The van der Waals surface area contributed by atoms with Gasteiger partial charge in [0.1, 0.15) is 0 Å². The van der Waals surface area contributed by atoms with Gasteiger partial charge >= 0.3 is 21.1 Å². The van der Waals surface area contributed by atoms with Gasteiger partial charge in [-0.05, 0) is 0 Å². The van der Waals surface area contributed by atoms with Gasteiger partial charge in [0, 0.05) is 32.7 Å². The molecular formula is C13H14NOWY-. The maximum atomic E-state index is 10.8. The van der Waals surface area contributed by atoms with Gasteiger partial charge in [-0.3, -0.25) is 0 Å². The van der Waals surface area contributed by atoms with Crippen LogP contribution in [0.25, 0.3) is 0 Å². The second-order valence-electron chi connectivity index (χ2n) is 3.74. The molecule has 0 heterocycles. The standard InChI is InChI=1S/C13H14NO.W.Y/c1-11(2)13(3,10-15)14-9-12-7-5-4-6-8-12;;/h4-8,11H,1H2,2-3H3;;/q-3;+2;. The second kappa shape index (κ2) is 9.30. The van der Waals surface area contributed by atoms with E-state index in [0.717, 1.165) is 5.56 Å². The van der Waals surface area contributed by atoms with Crippen LogP contribution >= 0.6 is 0 Å². The average Bonchev–Trinajstić information content (AvgIpc) is 2.27. The number of aliphatic imine (C=N–C) groups is 1. The molecule has 0 amide bonds. The first-order valence-corrected chi connectivity index (χ1v) is 4.84. The molecule has 2 nitrogen and oxygen atoms in total. The third-order valence-electron chi connectivity index (χ3n) is 2.36. The van der Waals surface area contributed by atoms with Crippen molar-refractivity contribution in [2.24, 2.45) is 10.9 Å². The van der Waals surface area contributed by atoms with Gasteiger partial charge in [0.05, 0.1) is 0 Å². The number of hydrogen-bond acceptors (Lipinski definition) is 2. The zero-order chi connectivity index (χ0) is 11.3. The second-order valence-corrected chi connectivity index (χ2v) is 3.74. The predicted octanol–water partition coefficient (Wildman–Crippen LogP) is 2.32. The van der Waals surface area contributed by atoms with E-state index in [9.17, 15) is 4.79 Å². The number of rotatable bonds is 4. The molecule has 1 aromatic rings. The van der Waals surface area contributed by atoms with Crippen LogP contribution in [-0.4, -0.2) is 18.0 Å². The van der Waals surface area contributed by atoms with Gasteiger partial charge < -0.3 is 16.7 Å². The smallest absolute Gasteiger partial charge is 0.540 e. The van der Waals surface area contributed by atoms with Crippen LogP contribution in [0.4, 0.5) is 0 Å². The quantitative estimate of drug-likeness (QED) is 0.488. The number of hydrogen-bond donors (Lipinski definition) is 0. The minimum absolute atomic E-state index is 0. The Balaban J connectivity index is 0. The van der Waals surface area contributed by atoms with Crippen molar-refractivity contribution in [1.29, 1.82) is 0 Å². The van der Waals surface area contributed by atoms with Gasteiger partial charge in [-0.1, -0.05) is 31.7 Å². The van der Waals surface area contributed by atoms with Crippen LogP contribution < -0.4 is 0 Å². The zero-order valence-corrected chi connectivity index (χ0v) is 15.8. The maximum Gasteiger partial charge on any atom is 2.00 e. The molecular weight excluding hydrogens is 459 g/mol. The molecule has 17 heavy (non-hydrogen) atoms. The van der Waals surface area contributed by atoms with Gasteiger partial charge in [-0.2, -0.15) is 23.6 Å². The first-order valence-electron chi connectivity index (χ1n) is 4.84. The van der Waals surface area contributed by atoms with Crippen LogP contribution in [0.1, 0.15) is 19.4 Å². The summed E-state index contributed by atoms with van der Waals surface area (Å²) in [5.41, 5.74) is -0.0600. The Morgan fingerprint density at radius 3 is 2.29 bits per heavy atom. The molecule has 1 rings (SSSR count). The van der Waals surface area contributed by atoms with E-state index in [1.807, 2.05) is 43.5 Å². The molecule has 0 N–H and O–H groups in total. The van der Waals surface area contributed by atoms with Gasteiger partial charge in [-0.25, -0.2) is 6.29 Å². The van der Waals surface area contributed by atoms with E-state index >= 15 is 0 Å². The van der Waals surface area contributed by atoms with Crippen LogP contribution in [0, 0.1) is 12.8 Å². The van der Waals surface area contributed by atoms with E-state index < -0.39 is 5.54 Å². The fraction of sp³-hybridized carbons (Fsp3) is 0.308. The van der Waals surface area contributed by atoms with Crippen molar-refractivity contribution in [3.8, 4) is 0 Å². The van der Waals surface area contributed by atoms with Crippen molar-refractivity contribution in [2.45, 2.75) is 19.4 Å². The SMILES string of the molecule is [CH2-]C(C)C(C)([C-]=O)N=[C-]c1ccccc1.[W+2].[Y]. The Hall–Kier alpha value is 0.352. The van der Waals surface area contributed by atoms with Gasteiger partial charge in [0.15, 0.2) is 0 Å². The number of benzene rings is 1. The number of nitrogens with zero attached hydrogens (tertiary/aromatic N) is 1. The summed E-state index contributed by atoms with van der Waals surface area (Å²) < 4.78 is 0. The molecule has 87 valence electrons. The van der Waals surface area contributed by atoms with E-state index in [2.05, 4.69) is 18.1 Å². The largest absolute Gasteiger partial charge is 2.00 e. The van der Waals surface area contributed by atoms with E-state index in [0.29, 0.717) is 0 Å². The molecule has 0 aromatic heterocycles. The fourth-order valence-corrected chi connectivity index (χ4v) is 0.927. The number of carbonyl (C=O) groups excluding carboxylic acids is 1. The minimum Gasteiger partial charge on any atom is -0.540 e. The molecule has 1 aromatic carbocycles. The third kappa shape index (κ3) is 6.18. The molecule has 0 bridgehead atoms. The Morgan fingerprint density at radius 1 is 1.35 bits per heavy atom. The van der Waals surface area contributed by atoms with E-state index in [-0.39, 0.29) is 59.7 Å². The summed E-state index contributed by atoms with van der Waals surface area (Å²) in [6.45, 7) is 7.33. The summed E-state index contributed by atoms with van der Waals surface area (Å²) in [4.78, 5) is 14.9. The van der Waals surface area contributed by atoms with Crippen LogP contribution in [0.5, 0.6) is 0 Å². The van der Waals surface area contributed by atoms with E-state index in [1.165, 1.54) is 0 Å². The summed E-state index contributed by atoms with van der Waals surface area (Å²) in [5, 5.41) is 0. The van der Waals surface area contributed by atoms with Crippen LogP contribution in [0.15, 0.2) is 35.3 Å². The van der Waals surface area contributed by atoms with Crippen LogP contribution in [0.2, 0.25) is 0 Å². The van der Waals surface area contributed by atoms with Crippen LogP contribution in [-0.2, 0) is 58.6 Å². The Kier molecular flexibility index (Phi) is 10.8. The zero-order valence-electron chi connectivity index (χ0n) is 10.0. The Morgan fingerprint density at radius 2 is 1.88 bits per heavy atom. The molecule has 0 saturated heterocycles. The topological polar surface area (TPSA) is 29.4 Å². The first-order chi connectivity index (χ1) is 7.08. The van der Waals surface area contributed by atoms with Crippen molar-refractivity contribution in [2.75, 3.05) is 0 Å². The van der Waals surface area contributed by atoms with Crippen molar-refractivity contribution in [1.82, 2.24) is 0 Å². The summed E-state index contributed by atoms with van der Waals surface area (Å²) in [7, 11) is 0. The molecule has 0 fully saturated rings. The first kappa shape index (κ1) is 19.7.